The van der Waals surface area contributed by atoms with Gasteiger partial charge in [-0.25, -0.2) is 0 Å². The molecule has 5 N–H and O–H groups in total. The number of nitrogens with two attached hydrogens (primary N) is 2. The molecule has 0 aliphatic rings. The van der Waals surface area contributed by atoms with Gasteiger partial charge in [0.15, 0.2) is 0 Å². The number of halogens is 4. The lowest BCUT2D eigenvalue weighted by Crippen LogP contribution is -2.10. The van der Waals surface area contributed by atoms with Gasteiger partial charge in [-0.3, -0.25) is 0 Å². The summed E-state index contributed by atoms with van der Waals surface area (Å²) in [6.45, 7) is 0. The Kier molecular flexibility index (Phi) is 3.58. The van der Waals surface area contributed by atoms with Gasteiger partial charge in [-0.15, -0.1) is 0 Å². The number of nitrogen functional groups attached to an aromatic ring is 2. The molecular weight excluding hydrogens is 295 g/mol. The molecule has 0 saturated carbocycles. The maximum absolute atomic E-state index is 12.9. The Bertz CT molecular complexity index is 624. The largest absolute Gasteiger partial charge is 0.418 e. The van der Waals surface area contributed by atoms with Crippen LogP contribution in [0.15, 0.2) is 24.3 Å². The van der Waals surface area contributed by atoms with Gasteiger partial charge in [0.1, 0.15) is 11.6 Å². The fourth-order valence-electron chi connectivity index (χ4n) is 1.55. The molecular formula is C11H9ClF3N5. The fourth-order valence-corrected chi connectivity index (χ4v) is 1.72. The number of nitrogens with one attached hydrogen (secondary N) is 1. The van der Waals surface area contributed by atoms with E-state index in [4.69, 9.17) is 23.1 Å². The second-order valence-corrected chi connectivity index (χ2v) is 4.29. The second-order valence-electron chi connectivity index (χ2n) is 3.85. The first-order valence-corrected chi connectivity index (χ1v) is 5.67. The summed E-state index contributed by atoms with van der Waals surface area (Å²) in [4.78, 5) is 7.37. The highest BCUT2D eigenvalue weighted by Gasteiger charge is 2.33. The van der Waals surface area contributed by atoms with E-state index >= 15 is 0 Å². The summed E-state index contributed by atoms with van der Waals surface area (Å²) in [6.07, 6.45) is -4.56. The molecule has 0 amide bonds. The van der Waals surface area contributed by atoms with Crippen LogP contribution in [0.3, 0.4) is 0 Å². The predicted octanol–water partition coefficient (Wildman–Crippen LogP) is 3.06. The number of alkyl halides is 3. The highest BCUT2D eigenvalue weighted by molar-refractivity contribution is 6.30. The smallest absolute Gasteiger partial charge is 0.383 e. The van der Waals surface area contributed by atoms with Gasteiger partial charge in [0.2, 0.25) is 5.95 Å². The van der Waals surface area contributed by atoms with Crippen molar-refractivity contribution in [1.29, 1.82) is 0 Å². The van der Waals surface area contributed by atoms with Crippen LogP contribution in [-0.4, -0.2) is 9.97 Å². The molecule has 20 heavy (non-hydrogen) atoms. The van der Waals surface area contributed by atoms with Crippen LogP contribution in [0.5, 0.6) is 0 Å². The third kappa shape index (κ3) is 3.21. The van der Waals surface area contributed by atoms with E-state index in [1.165, 1.54) is 18.2 Å². The van der Waals surface area contributed by atoms with Crippen molar-refractivity contribution in [2.24, 2.45) is 0 Å². The number of rotatable bonds is 2. The number of nitrogens with zero attached hydrogens (tertiary/aromatic N) is 2. The third-order valence-electron chi connectivity index (χ3n) is 2.31. The van der Waals surface area contributed by atoms with E-state index in [9.17, 15) is 13.2 Å². The van der Waals surface area contributed by atoms with Crippen LogP contribution in [0, 0.1) is 0 Å². The highest BCUT2D eigenvalue weighted by Crippen LogP contribution is 2.37. The molecule has 1 heterocycles. The van der Waals surface area contributed by atoms with Crippen molar-refractivity contribution in [2.45, 2.75) is 6.18 Å². The van der Waals surface area contributed by atoms with Gasteiger partial charge in [0.05, 0.1) is 11.3 Å². The SMILES string of the molecule is Nc1cc(Nc2ccc(Cl)cc2C(F)(F)F)nc(N)n1. The fraction of sp³-hybridized carbons (Fsp3) is 0.0909. The van der Waals surface area contributed by atoms with Crippen molar-refractivity contribution in [3.63, 3.8) is 0 Å². The molecule has 0 atom stereocenters. The molecule has 5 nitrogen and oxygen atoms in total. The Labute approximate surface area is 116 Å². The number of hydrogen-bond donors (Lipinski definition) is 3. The monoisotopic (exact) mass is 303 g/mol. The summed E-state index contributed by atoms with van der Waals surface area (Å²) in [5.41, 5.74) is 9.70. The maximum Gasteiger partial charge on any atom is 0.418 e. The van der Waals surface area contributed by atoms with E-state index in [1.54, 1.807) is 0 Å². The Morgan fingerprint density at radius 1 is 1.10 bits per heavy atom. The van der Waals surface area contributed by atoms with Crippen LogP contribution >= 0.6 is 11.6 Å². The van der Waals surface area contributed by atoms with Gasteiger partial charge in [0, 0.05) is 11.1 Å². The molecule has 0 bridgehead atoms. The lowest BCUT2D eigenvalue weighted by atomic mass is 10.1. The highest BCUT2D eigenvalue weighted by atomic mass is 35.5. The average molecular weight is 304 g/mol. The maximum atomic E-state index is 12.9. The minimum atomic E-state index is -4.56. The number of anilines is 4. The van der Waals surface area contributed by atoms with Gasteiger partial charge in [-0.2, -0.15) is 23.1 Å². The summed E-state index contributed by atoms with van der Waals surface area (Å²) < 4.78 is 38.7. The number of aromatic nitrogens is 2. The molecule has 0 aliphatic heterocycles. The van der Waals surface area contributed by atoms with Crippen molar-refractivity contribution in [1.82, 2.24) is 9.97 Å². The first kappa shape index (κ1) is 14.2. The minimum absolute atomic E-state index is 0.0235. The van der Waals surface area contributed by atoms with Gasteiger partial charge in [-0.05, 0) is 18.2 Å². The van der Waals surface area contributed by atoms with E-state index in [2.05, 4.69) is 15.3 Å². The lowest BCUT2D eigenvalue weighted by molar-refractivity contribution is -0.136. The van der Waals surface area contributed by atoms with E-state index < -0.39 is 11.7 Å². The molecule has 0 fully saturated rings. The van der Waals surface area contributed by atoms with Crippen molar-refractivity contribution < 1.29 is 13.2 Å². The zero-order valence-corrected chi connectivity index (χ0v) is 10.6. The van der Waals surface area contributed by atoms with Gasteiger partial charge in [0.25, 0.3) is 0 Å². The van der Waals surface area contributed by atoms with Crippen LogP contribution < -0.4 is 16.8 Å². The van der Waals surface area contributed by atoms with Crippen molar-refractivity contribution in [3.8, 4) is 0 Å². The molecule has 1 aromatic carbocycles. The molecule has 0 unspecified atom stereocenters. The van der Waals surface area contributed by atoms with E-state index in [0.717, 1.165) is 6.07 Å². The average Bonchev–Trinajstić information content (AvgIpc) is 2.28. The Hall–Kier alpha value is -2.22. The number of benzene rings is 1. The summed E-state index contributed by atoms with van der Waals surface area (Å²) in [5, 5.41) is 2.47. The Morgan fingerprint density at radius 3 is 2.40 bits per heavy atom. The normalized spacial score (nSPS) is 11.4. The van der Waals surface area contributed by atoms with Crippen molar-refractivity contribution in [3.05, 3.63) is 34.9 Å². The zero-order valence-electron chi connectivity index (χ0n) is 9.87. The molecule has 106 valence electrons. The number of hydrogen-bond acceptors (Lipinski definition) is 5. The molecule has 0 saturated heterocycles. The van der Waals surface area contributed by atoms with Crippen LogP contribution in [0.2, 0.25) is 5.02 Å². The van der Waals surface area contributed by atoms with Gasteiger partial charge in [-0.1, -0.05) is 11.6 Å². The summed E-state index contributed by atoms with van der Waals surface area (Å²) in [6, 6.07) is 4.61. The molecule has 0 aliphatic carbocycles. The molecule has 1 aromatic heterocycles. The molecule has 2 aromatic rings. The molecule has 0 radical (unpaired) electrons. The van der Waals surface area contributed by atoms with Crippen LogP contribution in [-0.2, 0) is 6.18 Å². The van der Waals surface area contributed by atoms with E-state index in [0.29, 0.717) is 0 Å². The lowest BCUT2D eigenvalue weighted by Gasteiger charge is -2.14. The summed E-state index contributed by atoms with van der Waals surface area (Å²) in [5.74, 6) is -0.0413. The van der Waals surface area contributed by atoms with Crippen molar-refractivity contribution in [2.75, 3.05) is 16.8 Å². The van der Waals surface area contributed by atoms with Crippen LogP contribution in [0.1, 0.15) is 5.56 Å². The van der Waals surface area contributed by atoms with Crippen LogP contribution in [0.4, 0.5) is 36.4 Å². The zero-order chi connectivity index (χ0) is 14.9. The summed E-state index contributed by atoms with van der Waals surface area (Å²) >= 11 is 5.58. The summed E-state index contributed by atoms with van der Waals surface area (Å²) in [7, 11) is 0. The Morgan fingerprint density at radius 2 is 1.80 bits per heavy atom. The minimum Gasteiger partial charge on any atom is -0.383 e. The van der Waals surface area contributed by atoms with Crippen molar-refractivity contribution >= 4 is 34.9 Å². The first-order valence-electron chi connectivity index (χ1n) is 5.29. The standard InChI is InChI=1S/C11H9ClF3N5/c12-5-1-2-7(6(3-5)11(13,14)15)18-9-4-8(16)19-10(17)20-9/h1-4H,(H5,16,17,18,19,20). The third-order valence-corrected chi connectivity index (χ3v) is 2.55. The quantitative estimate of drug-likeness (QED) is 0.793. The predicted molar refractivity (Wildman–Crippen MR) is 70.6 cm³/mol. The molecule has 2 rings (SSSR count). The first-order chi connectivity index (χ1) is 9.25. The van der Waals surface area contributed by atoms with Crippen LogP contribution in [0.25, 0.3) is 0 Å². The molecule has 9 heteroatoms. The topological polar surface area (TPSA) is 89.8 Å². The molecule has 0 spiro atoms. The van der Waals surface area contributed by atoms with Gasteiger partial charge >= 0.3 is 6.18 Å². The Balaban J connectivity index is 2.43. The van der Waals surface area contributed by atoms with Gasteiger partial charge < -0.3 is 16.8 Å². The van der Waals surface area contributed by atoms with E-state index in [-0.39, 0.29) is 28.3 Å². The van der Waals surface area contributed by atoms with E-state index in [1.807, 2.05) is 0 Å². The second kappa shape index (κ2) is 5.04.